The van der Waals surface area contributed by atoms with Gasteiger partial charge in [-0.05, 0) is 36.2 Å². The van der Waals surface area contributed by atoms with Crippen LogP contribution in [0, 0.1) is 0 Å². The van der Waals surface area contributed by atoms with E-state index in [4.69, 9.17) is 10.2 Å². The van der Waals surface area contributed by atoms with Crippen LogP contribution in [0.1, 0.15) is 22.5 Å². The first-order chi connectivity index (χ1) is 17.6. The summed E-state index contributed by atoms with van der Waals surface area (Å²) in [4.78, 5) is 33.6. The van der Waals surface area contributed by atoms with E-state index in [-0.39, 0.29) is 11.8 Å². The van der Waals surface area contributed by atoms with Gasteiger partial charge in [0.2, 0.25) is 11.8 Å². The molecule has 2 heterocycles. The third-order valence-electron chi connectivity index (χ3n) is 6.41. The monoisotopic (exact) mass is 480 g/mol. The fourth-order valence-electron chi connectivity index (χ4n) is 4.41. The highest BCUT2D eigenvalue weighted by Gasteiger charge is 2.29. The van der Waals surface area contributed by atoms with Gasteiger partial charge in [-0.3, -0.25) is 9.59 Å². The molecule has 0 unspecified atom stereocenters. The normalized spacial score (nSPS) is 13.6. The van der Waals surface area contributed by atoms with E-state index in [0.717, 1.165) is 35.5 Å². The second-order valence-electron chi connectivity index (χ2n) is 8.84. The third kappa shape index (κ3) is 5.15. The lowest BCUT2D eigenvalue weighted by Crippen LogP contribution is -2.49. The van der Waals surface area contributed by atoms with E-state index in [1.807, 2.05) is 77.7 Å². The van der Waals surface area contributed by atoms with Crippen LogP contribution in [-0.2, 0) is 11.2 Å². The number of primary amides is 1. The lowest BCUT2D eigenvalue weighted by atomic mass is 10.0. The van der Waals surface area contributed by atoms with Crippen LogP contribution in [0.4, 0.5) is 5.69 Å². The van der Waals surface area contributed by atoms with E-state index in [2.05, 4.69) is 22.0 Å². The standard InChI is InChI=1S/C29H28N4O3/c30-25(34)16-13-21-11-14-22(15-12-21)27-26(31-28(36-27)23-7-3-1-4-8-23)29(35)33-19-17-32(18-20-33)24-9-5-2-6-10-24/h1-12,14-15H,13,16-20H2,(H2,30,34). The van der Waals surface area contributed by atoms with Crippen molar-refractivity contribution in [3.05, 3.63) is 96.2 Å². The quantitative estimate of drug-likeness (QED) is 0.424. The predicted octanol–water partition coefficient (Wildman–Crippen LogP) is 4.39. The van der Waals surface area contributed by atoms with E-state index in [9.17, 15) is 9.59 Å². The Bertz CT molecular complexity index is 1330. The number of carbonyl (C=O) groups is 2. The number of nitrogens with zero attached hydrogens (tertiary/aromatic N) is 3. The number of amides is 2. The second kappa shape index (κ2) is 10.5. The van der Waals surface area contributed by atoms with Crippen molar-refractivity contribution >= 4 is 17.5 Å². The molecule has 4 aromatic rings. The average Bonchev–Trinajstić information content (AvgIpc) is 3.38. The minimum absolute atomic E-state index is 0.138. The number of aromatic nitrogens is 1. The second-order valence-corrected chi connectivity index (χ2v) is 8.84. The van der Waals surface area contributed by atoms with Gasteiger partial charge in [0.1, 0.15) is 0 Å². The van der Waals surface area contributed by atoms with Crippen molar-refractivity contribution < 1.29 is 14.0 Å². The van der Waals surface area contributed by atoms with Gasteiger partial charge >= 0.3 is 0 Å². The Hall–Kier alpha value is -4.39. The van der Waals surface area contributed by atoms with Crippen molar-refractivity contribution in [2.75, 3.05) is 31.1 Å². The van der Waals surface area contributed by atoms with Crippen LogP contribution in [0.15, 0.2) is 89.3 Å². The van der Waals surface area contributed by atoms with Crippen molar-refractivity contribution in [2.24, 2.45) is 5.73 Å². The summed E-state index contributed by atoms with van der Waals surface area (Å²) in [6.07, 6.45) is 0.858. The SMILES string of the molecule is NC(=O)CCc1ccc(-c2oc(-c3ccccc3)nc2C(=O)N2CCN(c3ccccc3)CC2)cc1. The summed E-state index contributed by atoms with van der Waals surface area (Å²) in [6, 6.07) is 27.5. The number of oxazole rings is 1. The summed E-state index contributed by atoms with van der Waals surface area (Å²) in [5.41, 5.74) is 9.31. The van der Waals surface area contributed by atoms with Crippen molar-refractivity contribution in [1.29, 1.82) is 0 Å². The van der Waals surface area contributed by atoms with Gasteiger partial charge in [-0.1, -0.05) is 60.7 Å². The Balaban J connectivity index is 1.40. The number of hydrogen-bond acceptors (Lipinski definition) is 5. The van der Waals surface area contributed by atoms with Crippen LogP contribution in [0.5, 0.6) is 0 Å². The molecule has 0 bridgehead atoms. The van der Waals surface area contributed by atoms with Gasteiger partial charge in [0.05, 0.1) is 0 Å². The number of anilines is 1. The molecule has 1 aliphatic heterocycles. The van der Waals surface area contributed by atoms with E-state index in [1.54, 1.807) is 0 Å². The van der Waals surface area contributed by atoms with E-state index in [0.29, 0.717) is 43.3 Å². The minimum Gasteiger partial charge on any atom is -0.435 e. The zero-order valence-corrected chi connectivity index (χ0v) is 20.0. The van der Waals surface area contributed by atoms with Gasteiger partial charge in [0.25, 0.3) is 5.91 Å². The van der Waals surface area contributed by atoms with Gasteiger partial charge in [0, 0.05) is 49.4 Å². The molecule has 0 saturated carbocycles. The molecule has 7 nitrogen and oxygen atoms in total. The Kier molecular flexibility index (Phi) is 6.80. The Morgan fingerprint density at radius 3 is 2.08 bits per heavy atom. The lowest BCUT2D eigenvalue weighted by molar-refractivity contribution is -0.117. The molecule has 182 valence electrons. The van der Waals surface area contributed by atoms with E-state index >= 15 is 0 Å². The fourth-order valence-corrected chi connectivity index (χ4v) is 4.41. The summed E-state index contributed by atoms with van der Waals surface area (Å²) in [5, 5.41) is 0. The average molecular weight is 481 g/mol. The highest BCUT2D eigenvalue weighted by molar-refractivity contribution is 5.98. The van der Waals surface area contributed by atoms with Gasteiger partial charge in [0.15, 0.2) is 11.5 Å². The number of nitrogens with two attached hydrogens (primary N) is 1. The molecular formula is C29H28N4O3. The molecule has 5 rings (SSSR count). The maximum atomic E-state index is 13.7. The summed E-state index contributed by atoms with van der Waals surface area (Å²) < 4.78 is 6.18. The molecular weight excluding hydrogens is 452 g/mol. The molecule has 0 spiro atoms. The van der Waals surface area contributed by atoms with Crippen LogP contribution in [-0.4, -0.2) is 47.9 Å². The first-order valence-corrected chi connectivity index (χ1v) is 12.1. The maximum absolute atomic E-state index is 13.7. The number of carbonyl (C=O) groups excluding carboxylic acids is 2. The van der Waals surface area contributed by atoms with E-state index in [1.165, 1.54) is 0 Å². The largest absolute Gasteiger partial charge is 0.435 e. The first-order valence-electron chi connectivity index (χ1n) is 12.1. The number of piperazine rings is 1. The highest BCUT2D eigenvalue weighted by atomic mass is 16.4. The molecule has 0 aliphatic carbocycles. The highest BCUT2D eigenvalue weighted by Crippen LogP contribution is 2.31. The molecule has 2 N–H and O–H groups in total. The predicted molar refractivity (Wildman–Crippen MR) is 139 cm³/mol. The molecule has 2 amide bonds. The summed E-state index contributed by atoms with van der Waals surface area (Å²) in [6.45, 7) is 2.71. The van der Waals surface area contributed by atoms with Crippen molar-refractivity contribution in [3.8, 4) is 22.8 Å². The summed E-state index contributed by atoms with van der Waals surface area (Å²) in [5.74, 6) is 0.393. The fraction of sp³-hybridized carbons (Fsp3) is 0.207. The van der Waals surface area contributed by atoms with Crippen LogP contribution in [0.2, 0.25) is 0 Å². The Morgan fingerprint density at radius 2 is 1.44 bits per heavy atom. The molecule has 1 aliphatic rings. The molecule has 1 aromatic heterocycles. The zero-order chi connectivity index (χ0) is 24.9. The molecule has 36 heavy (non-hydrogen) atoms. The number of para-hydroxylation sites is 1. The number of aryl methyl sites for hydroxylation is 1. The van der Waals surface area contributed by atoms with Crippen LogP contribution < -0.4 is 10.6 Å². The molecule has 1 fully saturated rings. The van der Waals surface area contributed by atoms with Crippen molar-refractivity contribution in [2.45, 2.75) is 12.8 Å². The number of hydrogen-bond donors (Lipinski definition) is 1. The smallest absolute Gasteiger partial charge is 0.276 e. The van der Waals surface area contributed by atoms with Gasteiger partial charge in [-0.2, -0.15) is 0 Å². The minimum atomic E-state index is -0.331. The van der Waals surface area contributed by atoms with Crippen LogP contribution in [0.3, 0.4) is 0 Å². The van der Waals surface area contributed by atoms with Gasteiger partial charge < -0.3 is 20.0 Å². The Morgan fingerprint density at radius 1 is 0.806 bits per heavy atom. The van der Waals surface area contributed by atoms with Crippen LogP contribution >= 0.6 is 0 Å². The van der Waals surface area contributed by atoms with Crippen molar-refractivity contribution in [3.63, 3.8) is 0 Å². The van der Waals surface area contributed by atoms with Gasteiger partial charge in [-0.15, -0.1) is 0 Å². The van der Waals surface area contributed by atoms with Crippen molar-refractivity contribution in [1.82, 2.24) is 9.88 Å². The zero-order valence-electron chi connectivity index (χ0n) is 20.0. The lowest BCUT2D eigenvalue weighted by Gasteiger charge is -2.35. The van der Waals surface area contributed by atoms with Gasteiger partial charge in [-0.25, -0.2) is 4.98 Å². The summed E-state index contributed by atoms with van der Waals surface area (Å²) >= 11 is 0. The number of rotatable bonds is 7. The number of benzene rings is 3. The molecule has 7 heteroatoms. The molecule has 0 atom stereocenters. The first kappa shape index (κ1) is 23.4. The summed E-state index contributed by atoms with van der Waals surface area (Å²) in [7, 11) is 0. The topological polar surface area (TPSA) is 92.7 Å². The third-order valence-corrected chi connectivity index (χ3v) is 6.41. The molecule has 3 aromatic carbocycles. The Labute approximate surface area is 210 Å². The van der Waals surface area contributed by atoms with Crippen LogP contribution in [0.25, 0.3) is 22.8 Å². The molecule has 1 saturated heterocycles. The van der Waals surface area contributed by atoms with E-state index < -0.39 is 0 Å². The molecule has 0 radical (unpaired) electrons. The maximum Gasteiger partial charge on any atom is 0.276 e.